The second kappa shape index (κ2) is 8.68. The van der Waals surface area contributed by atoms with E-state index in [2.05, 4.69) is 19.9 Å². The van der Waals surface area contributed by atoms with Crippen LogP contribution in [0, 0.1) is 0 Å². The topological polar surface area (TPSA) is 91.6 Å². The van der Waals surface area contributed by atoms with Crippen molar-refractivity contribution in [3.05, 3.63) is 47.9 Å². The molecule has 0 bridgehead atoms. The molecule has 0 aliphatic carbocycles. The number of hydrogen-bond donors (Lipinski definition) is 1. The Balaban J connectivity index is 1.54. The molecule has 0 atom stereocenters. The number of hydrogen-bond acceptors (Lipinski definition) is 6. The van der Waals surface area contributed by atoms with Gasteiger partial charge in [0, 0.05) is 31.6 Å². The lowest BCUT2D eigenvalue weighted by Gasteiger charge is -2.31. The van der Waals surface area contributed by atoms with Gasteiger partial charge in [0.25, 0.3) is 0 Å². The highest BCUT2D eigenvalue weighted by Gasteiger charge is 2.35. The number of amides is 2. The van der Waals surface area contributed by atoms with Crippen LogP contribution in [0.1, 0.15) is 50.0 Å². The van der Waals surface area contributed by atoms with Crippen molar-refractivity contribution >= 4 is 6.03 Å². The first kappa shape index (κ1) is 22.3. The van der Waals surface area contributed by atoms with Gasteiger partial charge in [-0.05, 0) is 54.7 Å². The molecule has 0 spiro atoms. The molecule has 2 aromatic carbocycles. The van der Waals surface area contributed by atoms with Crippen molar-refractivity contribution in [2.24, 2.45) is 0 Å². The van der Waals surface area contributed by atoms with Gasteiger partial charge in [0.1, 0.15) is 11.4 Å². The maximum absolute atomic E-state index is 12.1. The zero-order valence-electron chi connectivity index (χ0n) is 19.9. The summed E-state index contributed by atoms with van der Waals surface area (Å²) in [6, 6.07) is 11.5. The number of fused-ring (bicyclic) bond motifs is 1. The molecule has 2 amide bonds. The van der Waals surface area contributed by atoms with E-state index in [1.807, 2.05) is 30.3 Å². The van der Waals surface area contributed by atoms with Gasteiger partial charge in [0.05, 0.1) is 12.7 Å². The standard InChI is InChI=1S/C26H29N3O5/c1-15(2)19-9-10-20-24(33-20)21(19)22-23(16-5-7-18(32-4)8-6-16)34-25(27-22)17-11-13-29(14-12-17)26(30)28(3)31/h5-10,15,17,31H,11-14H2,1-4H3. The molecule has 8 heteroatoms. The summed E-state index contributed by atoms with van der Waals surface area (Å²) in [5, 5.41) is 10.1. The lowest BCUT2D eigenvalue weighted by Crippen LogP contribution is -2.43. The highest BCUT2D eigenvalue weighted by atomic mass is 16.6. The zero-order chi connectivity index (χ0) is 24.0. The minimum absolute atomic E-state index is 0.0783. The molecule has 1 aromatic heterocycles. The van der Waals surface area contributed by atoms with Crippen LogP contribution in [0.3, 0.4) is 0 Å². The highest BCUT2D eigenvalue weighted by molar-refractivity contribution is 5.88. The fraction of sp³-hybridized carbons (Fsp3) is 0.385. The molecule has 0 radical (unpaired) electrons. The van der Waals surface area contributed by atoms with Gasteiger partial charge in [-0.25, -0.2) is 14.8 Å². The third-order valence-electron chi connectivity index (χ3n) is 6.57. The van der Waals surface area contributed by atoms with Crippen molar-refractivity contribution in [1.29, 1.82) is 0 Å². The Hall–Kier alpha value is -3.52. The van der Waals surface area contributed by atoms with Gasteiger partial charge in [-0.15, -0.1) is 0 Å². The lowest BCUT2D eigenvalue weighted by molar-refractivity contribution is -0.0358. The van der Waals surface area contributed by atoms with Crippen LogP contribution >= 0.6 is 0 Å². The number of ether oxygens (including phenoxy) is 2. The predicted octanol–water partition coefficient (Wildman–Crippen LogP) is 5.87. The number of carbonyl (C=O) groups excluding carboxylic acids is 1. The van der Waals surface area contributed by atoms with Crippen LogP contribution in [0.15, 0.2) is 40.8 Å². The second-order valence-corrected chi connectivity index (χ2v) is 9.14. The molecule has 0 saturated carbocycles. The van der Waals surface area contributed by atoms with E-state index in [1.54, 1.807) is 12.0 Å². The Bertz CT molecular complexity index is 1210. The fourth-order valence-corrected chi connectivity index (χ4v) is 4.61. The van der Waals surface area contributed by atoms with Crippen LogP contribution in [0.4, 0.5) is 4.79 Å². The minimum Gasteiger partial charge on any atom is -0.497 e. The Labute approximate surface area is 198 Å². The smallest absolute Gasteiger partial charge is 0.343 e. The second-order valence-electron chi connectivity index (χ2n) is 9.14. The Morgan fingerprint density at radius 1 is 1.18 bits per heavy atom. The number of rotatable bonds is 5. The van der Waals surface area contributed by atoms with Crippen molar-refractivity contribution < 1.29 is 23.9 Å². The molecule has 1 fully saturated rings. The van der Waals surface area contributed by atoms with Gasteiger partial charge in [0.2, 0.25) is 0 Å². The number of hydroxylamine groups is 2. The monoisotopic (exact) mass is 463 g/mol. The van der Waals surface area contributed by atoms with E-state index in [4.69, 9.17) is 18.9 Å². The number of aromatic nitrogens is 1. The number of nitrogens with zero attached hydrogens (tertiary/aromatic N) is 3. The van der Waals surface area contributed by atoms with E-state index in [-0.39, 0.29) is 11.8 Å². The van der Waals surface area contributed by atoms with E-state index in [1.165, 1.54) is 7.05 Å². The quantitative estimate of drug-likeness (QED) is 0.226. The maximum Gasteiger partial charge on any atom is 0.343 e. The van der Waals surface area contributed by atoms with Crippen LogP contribution < -0.4 is 9.47 Å². The van der Waals surface area contributed by atoms with Crippen LogP contribution in [0.25, 0.3) is 22.6 Å². The van der Waals surface area contributed by atoms with Crippen molar-refractivity contribution in [3.63, 3.8) is 0 Å². The number of urea groups is 1. The molecule has 0 unspecified atom stereocenters. The third kappa shape index (κ3) is 3.98. The van der Waals surface area contributed by atoms with Crippen LogP contribution in [0.2, 0.25) is 0 Å². The van der Waals surface area contributed by atoms with Gasteiger partial charge in [-0.2, -0.15) is 0 Å². The largest absolute Gasteiger partial charge is 0.497 e. The van der Waals surface area contributed by atoms with E-state index < -0.39 is 6.03 Å². The number of benzene rings is 2. The number of carbonyl (C=O) groups is 1. The molecule has 2 aliphatic heterocycles. The summed E-state index contributed by atoms with van der Waals surface area (Å²) < 4.78 is 17.6. The summed E-state index contributed by atoms with van der Waals surface area (Å²) in [7, 11) is 2.99. The van der Waals surface area contributed by atoms with E-state index in [0.29, 0.717) is 42.6 Å². The van der Waals surface area contributed by atoms with Gasteiger partial charge >= 0.3 is 6.03 Å². The molecule has 2 aliphatic rings. The molecule has 3 aromatic rings. The van der Waals surface area contributed by atoms with E-state index in [9.17, 15) is 10.0 Å². The maximum atomic E-state index is 12.1. The lowest BCUT2D eigenvalue weighted by atomic mass is 9.93. The predicted molar refractivity (Wildman–Crippen MR) is 127 cm³/mol. The van der Waals surface area contributed by atoms with Crippen LogP contribution in [-0.4, -0.2) is 53.4 Å². The summed E-state index contributed by atoms with van der Waals surface area (Å²) >= 11 is 0. The molecule has 34 heavy (non-hydrogen) atoms. The first-order valence-electron chi connectivity index (χ1n) is 11.6. The Kier molecular flexibility index (Phi) is 5.69. The number of likely N-dealkylation sites (tertiary alicyclic amines) is 1. The zero-order valence-corrected chi connectivity index (χ0v) is 19.9. The minimum atomic E-state index is -0.392. The summed E-state index contributed by atoms with van der Waals surface area (Å²) in [6.07, 6.45) is 1.42. The molecule has 5 rings (SSSR count). The molecule has 8 nitrogen and oxygen atoms in total. The Morgan fingerprint density at radius 2 is 1.88 bits per heavy atom. The number of methoxy groups -OCH3 is 1. The molecule has 1 N–H and O–H groups in total. The highest BCUT2D eigenvalue weighted by Crippen LogP contribution is 2.56. The Morgan fingerprint density at radius 3 is 2.50 bits per heavy atom. The molecular weight excluding hydrogens is 434 g/mol. The number of oxazole rings is 1. The van der Waals surface area contributed by atoms with Crippen LogP contribution in [-0.2, 0) is 0 Å². The van der Waals surface area contributed by atoms with Gasteiger partial charge in [0.15, 0.2) is 23.1 Å². The van der Waals surface area contributed by atoms with Gasteiger partial charge in [-0.1, -0.05) is 19.9 Å². The summed E-state index contributed by atoms with van der Waals surface area (Å²) in [5.74, 6) is 4.26. The molecular formula is C26H29N3O5. The van der Waals surface area contributed by atoms with Crippen molar-refractivity contribution in [1.82, 2.24) is 14.9 Å². The van der Waals surface area contributed by atoms with Gasteiger partial charge < -0.3 is 18.8 Å². The molecule has 1 saturated heterocycles. The fourth-order valence-electron chi connectivity index (χ4n) is 4.61. The van der Waals surface area contributed by atoms with E-state index >= 15 is 0 Å². The van der Waals surface area contributed by atoms with Gasteiger partial charge in [-0.3, -0.25) is 5.21 Å². The van der Waals surface area contributed by atoms with Crippen molar-refractivity contribution in [2.45, 2.75) is 38.5 Å². The van der Waals surface area contributed by atoms with Crippen LogP contribution in [0.5, 0.6) is 17.2 Å². The van der Waals surface area contributed by atoms with Crippen molar-refractivity contribution in [2.75, 3.05) is 27.2 Å². The SMILES string of the molecule is COc1ccc(-c2oc(C3CCN(C(=O)N(C)O)CC3)nc2-c2c(C(C)C)ccc3c2O3)cc1. The molecule has 3 heterocycles. The molecule has 178 valence electrons. The van der Waals surface area contributed by atoms with E-state index in [0.717, 1.165) is 39.6 Å². The first-order valence-corrected chi connectivity index (χ1v) is 11.6. The average molecular weight is 464 g/mol. The third-order valence-corrected chi connectivity index (χ3v) is 6.57. The average Bonchev–Trinajstić information content (AvgIpc) is 3.52. The summed E-state index contributed by atoms with van der Waals surface area (Å²) in [4.78, 5) is 18.8. The first-order chi connectivity index (χ1) is 16.4. The summed E-state index contributed by atoms with van der Waals surface area (Å²) in [6.45, 7) is 5.38. The number of piperidine rings is 1. The summed E-state index contributed by atoms with van der Waals surface area (Å²) in [5.41, 5.74) is 3.85. The van der Waals surface area contributed by atoms with Crippen molar-refractivity contribution in [3.8, 4) is 39.8 Å². The normalized spacial score (nSPS) is 15.2.